The predicted molar refractivity (Wildman–Crippen MR) is 86.7 cm³/mol. The molecule has 1 unspecified atom stereocenters. The monoisotopic (exact) mass is 295 g/mol. The first kappa shape index (κ1) is 13.6. The molecular formula is C17H21N5. The van der Waals surface area contributed by atoms with Crippen molar-refractivity contribution >= 4 is 16.6 Å². The molecule has 3 aromatic rings. The molecule has 0 radical (unpaired) electrons. The van der Waals surface area contributed by atoms with Crippen LogP contribution in [0.5, 0.6) is 0 Å². The molecule has 0 N–H and O–H groups in total. The Hall–Kier alpha value is -2.01. The van der Waals surface area contributed by atoms with Gasteiger partial charge >= 0.3 is 0 Å². The topological polar surface area (TPSA) is 46.3 Å². The molecule has 5 nitrogen and oxygen atoms in total. The van der Waals surface area contributed by atoms with Gasteiger partial charge in [0, 0.05) is 11.9 Å². The molecule has 0 amide bonds. The van der Waals surface area contributed by atoms with Crippen LogP contribution in [0.2, 0.25) is 0 Å². The number of rotatable bonds is 2. The Labute approximate surface area is 130 Å². The number of para-hydroxylation sites is 1. The van der Waals surface area contributed by atoms with Gasteiger partial charge in [-0.2, -0.15) is 0 Å². The summed E-state index contributed by atoms with van der Waals surface area (Å²) in [7, 11) is 0. The van der Waals surface area contributed by atoms with Crippen molar-refractivity contribution in [1.82, 2.24) is 24.5 Å². The van der Waals surface area contributed by atoms with Crippen molar-refractivity contribution in [1.29, 1.82) is 0 Å². The standard InChI is InChI=1S/C17H21N5/c1-12-6-5-9-21(10-12)11-16-19-20-17-14-7-3-4-8-15(14)18-13(2)22(16)17/h3-4,7-8,12H,5-6,9-11H2,1-2H3. The second kappa shape index (κ2) is 5.32. The molecule has 1 fully saturated rings. The summed E-state index contributed by atoms with van der Waals surface area (Å²) in [6, 6.07) is 8.14. The van der Waals surface area contributed by atoms with Gasteiger partial charge in [0.05, 0.1) is 12.1 Å². The Kier molecular flexibility index (Phi) is 3.30. The van der Waals surface area contributed by atoms with Crippen LogP contribution in [0.4, 0.5) is 0 Å². The van der Waals surface area contributed by atoms with Crippen molar-refractivity contribution < 1.29 is 0 Å². The molecule has 0 aliphatic carbocycles. The summed E-state index contributed by atoms with van der Waals surface area (Å²) >= 11 is 0. The zero-order valence-corrected chi connectivity index (χ0v) is 13.2. The number of hydrogen-bond acceptors (Lipinski definition) is 4. The van der Waals surface area contributed by atoms with Crippen LogP contribution in [-0.2, 0) is 6.54 Å². The lowest BCUT2D eigenvalue weighted by Gasteiger charge is -2.30. The third kappa shape index (κ3) is 2.25. The highest BCUT2D eigenvalue weighted by atomic mass is 15.3. The Morgan fingerprint density at radius 2 is 2.09 bits per heavy atom. The van der Waals surface area contributed by atoms with E-state index in [0.717, 1.165) is 53.8 Å². The van der Waals surface area contributed by atoms with E-state index in [0.29, 0.717) is 0 Å². The van der Waals surface area contributed by atoms with Crippen LogP contribution in [0, 0.1) is 12.8 Å². The first-order chi connectivity index (χ1) is 10.7. The SMILES string of the molecule is Cc1nc2ccccc2c2nnc(CN3CCCC(C)C3)n12. The van der Waals surface area contributed by atoms with Crippen LogP contribution in [0.15, 0.2) is 24.3 Å². The van der Waals surface area contributed by atoms with Gasteiger partial charge in [-0.1, -0.05) is 19.1 Å². The maximum Gasteiger partial charge on any atom is 0.171 e. The zero-order chi connectivity index (χ0) is 15.1. The number of piperidine rings is 1. The van der Waals surface area contributed by atoms with Crippen molar-refractivity contribution in [2.45, 2.75) is 33.2 Å². The lowest BCUT2D eigenvalue weighted by atomic mass is 10.0. The Bertz CT molecular complexity index is 822. The number of hydrogen-bond donors (Lipinski definition) is 0. The van der Waals surface area contributed by atoms with Gasteiger partial charge in [0.25, 0.3) is 0 Å². The summed E-state index contributed by atoms with van der Waals surface area (Å²) in [5.74, 6) is 2.73. The van der Waals surface area contributed by atoms with Gasteiger partial charge in [-0.3, -0.25) is 9.30 Å². The lowest BCUT2D eigenvalue weighted by molar-refractivity contribution is 0.172. The van der Waals surface area contributed by atoms with E-state index in [2.05, 4.69) is 32.5 Å². The highest BCUT2D eigenvalue weighted by Gasteiger charge is 2.20. The molecule has 4 rings (SSSR count). The molecule has 1 saturated heterocycles. The quantitative estimate of drug-likeness (QED) is 0.729. The van der Waals surface area contributed by atoms with Gasteiger partial charge in [0.1, 0.15) is 5.82 Å². The van der Waals surface area contributed by atoms with Crippen LogP contribution in [0.3, 0.4) is 0 Å². The van der Waals surface area contributed by atoms with Crippen LogP contribution >= 0.6 is 0 Å². The van der Waals surface area contributed by atoms with Gasteiger partial charge in [0.15, 0.2) is 11.5 Å². The molecule has 0 saturated carbocycles. The van der Waals surface area contributed by atoms with E-state index in [1.165, 1.54) is 12.8 Å². The fourth-order valence-corrected chi connectivity index (χ4v) is 3.55. The summed E-state index contributed by atoms with van der Waals surface area (Å²) in [4.78, 5) is 7.19. The molecule has 3 heterocycles. The molecule has 0 spiro atoms. The van der Waals surface area contributed by atoms with Crippen LogP contribution < -0.4 is 0 Å². The van der Waals surface area contributed by atoms with E-state index in [4.69, 9.17) is 4.98 Å². The van der Waals surface area contributed by atoms with Crippen LogP contribution in [-0.4, -0.2) is 37.6 Å². The van der Waals surface area contributed by atoms with E-state index in [1.807, 2.05) is 25.1 Å². The number of nitrogens with zero attached hydrogens (tertiary/aromatic N) is 5. The number of aromatic nitrogens is 4. The zero-order valence-electron chi connectivity index (χ0n) is 13.2. The predicted octanol–water partition coefficient (Wildman–Crippen LogP) is 2.82. The fraction of sp³-hybridized carbons (Fsp3) is 0.471. The number of likely N-dealkylation sites (tertiary alicyclic amines) is 1. The van der Waals surface area contributed by atoms with Crippen LogP contribution in [0.25, 0.3) is 16.6 Å². The van der Waals surface area contributed by atoms with Gasteiger partial charge < -0.3 is 0 Å². The number of fused-ring (bicyclic) bond motifs is 3. The third-order valence-electron chi connectivity index (χ3n) is 4.59. The van der Waals surface area contributed by atoms with E-state index in [1.54, 1.807) is 0 Å². The molecule has 1 aliphatic rings. The van der Waals surface area contributed by atoms with E-state index < -0.39 is 0 Å². The minimum absolute atomic E-state index is 0.771. The molecule has 2 aromatic heterocycles. The molecule has 1 aliphatic heterocycles. The summed E-state index contributed by atoms with van der Waals surface area (Å²) < 4.78 is 2.11. The summed E-state index contributed by atoms with van der Waals surface area (Å²) in [6.45, 7) is 7.51. The lowest BCUT2D eigenvalue weighted by Crippen LogP contribution is -2.34. The summed E-state index contributed by atoms with van der Waals surface area (Å²) in [5, 5.41) is 9.96. The van der Waals surface area contributed by atoms with Crippen molar-refractivity contribution in [3.8, 4) is 0 Å². The fourth-order valence-electron chi connectivity index (χ4n) is 3.55. The second-order valence-corrected chi connectivity index (χ2v) is 6.43. The first-order valence-electron chi connectivity index (χ1n) is 8.04. The molecule has 22 heavy (non-hydrogen) atoms. The molecule has 0 bridgehead atoms. The molecular weight excluding hydrogens is 274 g/mol. The number of aryl methyl sites for hydroxylation is 1. The van der Waals surface area contributed by atoms with Crippen LogP contribution in [0.1, 0.15) is 31.4 Å². The Morgan fingerprint density at radius 3 is 2.95 bits per heavy atom. The van der Waals surface area contributed by atoms with Gasteiger partial charge in [-0.05, 0) is 44.4 Å². The maximum absolute atomic E-state index is 4.71. The van der Waals surface area contributed by atoms with E-state index >= 15 is 0 Å². The minimum Gasteiger partial charge on any atom is -0.296 e. The van der Waals surface area contributed by atoms with E-state index in [9.17, 15) is 0 Å². The summed E-state index contributed by atoms with van der Waals surface area (Å²) in [5.41, 5.74) is 1.90. The highest BCUT2D eigenvalue weighted by Crippen LogP contribution is 2.21. The van der Waals surface area contributed by atoms with E-state index in [-0.39, 0.29) is 0 Å². The van der Waals surface area contributed by atoms with Crippen molar-refractivity contribution in [3.05, 3.63) is 35.9 Å². The number of benzene rings is 1. The van der Waals surface area contributed by atoms with Gasteiger partial charge in [0.2, 0.25) is 0 Å². The smallest absolute Gasteiger partial charge is 0.171 e. The van der Waals surface area contributed by atoms with Crippen molar-refractivity contribution in [3.63, 3.8) is 0 Å². The minimum atomic E-state index is 0.771. The Morgan fingerprint density at radius 1 is 1.23 bits per heavy atom. The first-order valence-corrected chi connectivity index (χ1v) is 8.04. The largest absolute Gasteiger partial charge is 0.296 e. The van der Waals surface area contributed by atoms with Crippen molar-refractivity contribution in [2.75, 3.05) is 13.1 Å². The molecule has 1 aromatic carbocycles. The average molecular weight is 295 g/mol. The normalized spacial score (nSPS) is 20.0. The summed E-state index contributed by atoms with van der Waals surface area (Å²) in [6.07, 6.45) is 2.61. The maximum atomic E-state index is 4.71. The van der Waals surface area contributed by atoms with Gasteiger partial charge in [-0.15, -0.1) is 10.2 Å². The average Bonchev–Trinajstić information content (AvgIpc) is 2.92. The van der Waals surface area contributed by atoms with Crippen molar-refractivity contribution in [2.24, 2.45) is 5.92 Å². The molecule has 5 heteroatoms. The van der Waals surface area contributed by atoms with Gasteiger partial charge in [-0.25, -0.2) is 4.98 Å². The second-order valence-electron chi connectivity index (χ2n) is 6.43. The molecule has 1 atom stereocenters. The Balaban J connectivity index is 1.77. The molecule has 114 valence electrons. The third-order valence-corrected chi connectivity index (χ3v) is 4.59. The highest BCUT2D eigenvalue weighted by molar-refractivity contribution is 5.91.